The molecule has 0 atom stereocenters. The Labute approximate surface area is 162 Å². The van der Waals surface area contributed by atoms with Crippen LogP contribution in [0.5, 0.6) is 5.75 Å². The number of benzene rings is 1. The number of hydrogen-bond acceptors (Lipinski definition) is 5. The first-order valence-electron chi connectivity index (χ1n) is 7.97. The van der Waals surface area contributed by atoms with Crippen molar-refractivity contribution in [1.29, 1.82) is 0 Å². The SMILES string of the molecule is COc1cccc(-c2[nH]ncc2CNCCNC(=O)c2cccs2)c1.Cl. The third-order valence-electron chi connectivity index (χ3n) is 3.72. The number of ether oxygens (including phenoxy) is 1. The highest BCUT2D eigenvalue weighted by molar-refractivity contribution is 7.12. The maximum Gasteiger partial charge on any atom is 0.261 e. The molecule has 0 spiro atoms. The fourth-order valence-electron chi connectivity index (χ4n) is 2.46. The Kier molecular flexibility index (Phi) is 7.65. The van der Waals surface area contributed by atoms with Crippen LogP contribution in [0.3, 0.4) is 0 Å². The van der Waals surface area contributed by atoms with Gasteiger partial charge in [-0.2, -0.15) is 5.10 Å². The Bertz CT molecular complexity index is 820. The number of carbonyl (C=O) groups is 1. The van der Waals surface area contributed by atoms with Crippen LogP contribution in [0.25, 0.3) is 11.3 Å². The van der Waals surface area contributed by atoms with Gasteiger partial charge in [0.2, 0.25) is 0 Å². The third-order valence-corrected chi connectivity index (χ3v) is 4.59. The molecule has 1 aromatic carbocycles. The van der Waals surface area contributed by atoms with Crippen molar-refractivity contribution in [1.82, 2.24) is 20.8 Å². The number of rotatable bonds is 8. The van der Waals surface area contributed by atoms with E-state index in [1.54, 1.807) is 7.11 Å². The van der Waals surface area contributed by atoms with Crippen LogP contribution < -0.4 is 15.4 Å². The number of methoxy groups -OCH3 is 1. The molecule has 1 amide bonds. The van der Waals surface area contributed by atoms with E-state index in [1.807, 2.05) is 48.0 Å². The smallest absolute Gasteiger partial charge is 0.261 e. The van der Waals surface area contributed by atoms with Gasteiger partial charge in [-0.05, 0) is 23.6 Å². The van der Waals surface area contributed by atoms with Crippen LogP contribution >= 0.6 is 23.7 Å². The van der Waals surface area contributed by atoms with Gasteiger partial charge in [-0.3, -0.25) is 9.89 Å². The summed E-state index contributed by atoms with van der Waals surface area (Å²) in [6, 6.07) is 11.5. The number of aromatic nitrogens is 2. The highest BCUT2D eigenvalue weighted by atomic mass is 35.5. The molecule has 138 valence electrons. The van der Waals surface area contributed by atoms with E-state index < -0.39 is 0 Å². The minimum absolute atomic E-state index is 0. The van der Waals surface area contributed by atoms with Gasteiger partial charge < -0.3 is 15.4 Å². The van der Waals surface area contributed by atoms with Gasteiger partial charge >= 0.3 is 0 Å². The number of H-pyrrole nitrogens is 1. The van der Waals surface area contributed by atoms with Crippen molar-refractivity contribution in [3.63, 3.8) is 0 Å². The minimum Gasteiger partial charge on any atom is -0.497 e. The van der Waals surface area contributed by atoms with Crippen molar-refractivity contribution < 1.29 is 9.53 Å². The molecule has 0 fully saturated rings. The van der Waals surface area contributed by atoms with Gasteiger partial charge in [0.05, 0.1) is 23.9 Å². The fraction of sp³-hybridized carbons (Fsp3) is 0.222. The molecular formula is C18H21ClN4O2S. The standard InChI is InChI=1S/C18H20N4O2S.ClH/c1-24-15-5-2-4-13(10-15)17-14(12-21-22-17)11-19-7-8-20-18(23)16-6-3-9-25-16;/h2-6,9-10,12,19H,7-8,11H2,1H3,(H,20,23)(H,21,22);1H. The monoisotopic (exact) mass is 392 g/mol. The summed E-state index contributed by atoms with van der Waals surface area (Å²) in [5, 5.41) is 15.3. The Morgan fingerprint density at radius 1 is 1.27 bits per heavy atom. The van der Waals surface area contributed by atoms with Crippen LogP contribution in [0, 0.1) is 0 Å². The van der Waals surface area contributed by atoms with Gasteiger partial charge in [0.1, 0.15) is 5.75 Å². The van der Waals surface area contributed by atoms with Gasteiger partial charge in [-0.15, -0.1) is 23.7 Å². The zero-order valence-electron chi connectivity index (χ0n) is 14.3. The minimum atomic E-state index is -0.0304. The first kappa shape index (κ1) is 20.0. The van der Waals surface area contributed by atoms with E-state index in [9.17, 15) is 4.79 Å². The lowest BCUT2D eigenvalue weighted by molar-refractivity contribution is 0.0958. The van der Waals surface area contributed by atoms with Crippen LogP contribution in [0.4, 0.5) is 0 Å². The molecule has 0 unspecified atom stereocenters. The number of hydrogen-bond donors (Lipinski definition) is 3. The molecule has 0 bridgehead atoms. The average molecular weight is 393 g/mol. The van der Waals surface area contributed by atoms with Gasteiger partial charge in [-0.1, -0.05) is 18.2 Å². The third kappa shape index (κ3) is 5.08. The maximum atomic E-state index is 11.8. The number of amides is 1. The first-order valence-corrected chi connectivity index (χ1v) is 8.85. The van der Waals surface area contributed by atoms with Gasteiger partial charge in [0.25, 0.3) is 5.91 Å². The molecule has 0 aliphatic heterocycles. The molecule has 0 aliphatic carbocycles. The van der Waals surface area contributed by atoms with E-state index in [2.05, 4.69) is 20.8 Å². The van der Waals surface area contributed by atoms with E-state index in [4.69, 9.17) is 4.74 Å². The molecule has 8 heteroatoms. The van der Waals surface area contributed by atoms with E-state index in [0.717, 1.165) is 27.4 Å². The zero-order valence-corrected chi connectivity index (χ0v) is 16.0. The van der Waals surface area contributed by atoms with Crippen LogP contribution in [-0.2, 0) is 6.54 Å². The van der Waals surface area contributed by atoms with Crippen LogP contribution in [0.2, 0.25) is 0 Å². The topological polar surface area (TPSA) is 79.0 Å². The molecule has 3 aromatic rings. The van der Waals surface area contributed by atoms with E-state index in [0.29, 0.717) is 19.6 Å². The number of aromatic amines is 1. The average Bonchev–Trinajstić information content (AvgIpc) is 3.33. The summed E-state index contributed by atoms with van der Waals surface area (Å²) in [6.45, 7) is 1.92. The van der Waals surface area contributed by atoms with Crippen LogP contribution in [0.1, 0.15) is 15.2 Å². The predicted molar refractivity (Wildman–Crippen MR) is 106 cm³/mol. The van der Waals surface area contributed by atoms with Crippen molar-refractivity contribution in [2.24, 2.45) is 0 Å². The van der Waals surface area contributed by atoms with E-state index in [-0.39, 0.29) is 18.3 Å². The highest BCUT2D eigenvalue weighted by Crippen LogP contribution is 2.24. The summed E-state index contributed by atoms with van der Waals surface area (Å²) in [4.78, 5) is 12.6. The summed E-state index contributed by atoms with van der Waals surface area (Å²) in [6.07, 6.45) is 1.81. The van der Waals surface area contributed by atoms with Gasteiger partial charge in [-0.25, -0.2) is 0 Å². The Morgan fingerprint density at radius 2 is 2.15 bits per heavy atom. The number of carbonyl (C=O) groups excluding carboxylic acids is 1. The van der Waals surface area contributed by atoms with Crippen molar-refractivity contribution >= 4 is 29.7 Å². The summed E-state index contributed by atoms with van der Waals surface area (Å²) < 4.78 is 5.27. The normalized spacial score (nSPS) is 10.2. The number of nitrogens with zero attached hydrogens (tertiary/aromatic N) is 1. The molecule has 0 saturated carbocycles. The Morgan fingerprint density at radius 3 is 2.92 bits per heavy atom. The van der Waals surface area contributed by atoms with Crippen molar-refractivity contribution in [2.75, 3.05) is 20.2 Å². The first-order chi connectivity index (χ1) is 12.3. The molecule has 6 nitrogen and oxygen atoms in total. The van der Waals surface area contributed by atoms with Crippen LogP contribution in [0.15, 0.2) is 48.0 Å². The Hall–Kier alpha value is -2.35. The van der Waals surface area contributed by atoms with Crippen molar-refractivity contribution in [3.8, 4) is 17.0 Å². The summed E-state index contributed by atoms with van der Waals surface area (Å²) >= 11 is 1.44. The zero-order chi connectivity index (χ0) is 17.5. The predicted octanol–water partition coefficient (Wildman–Crippen LogP) is 3.09. The quantitative estimate of drug-likeness (QED) is 0.515. The summed E-state index contributed by atoms with van der Waals surface area (Å²) in [7, 11) is 1.65. The molecule has 26 heavy (non-hydrogen) atoms. The number of nitrogens with one attached hydrogen (secondary N) is 3. The molecule has 0 aliphatic rings. The lowest BCUT2D eigenvalue weighted by atomic mass is 10.1. The molecular weight excluding hydrogens is 372 g/mol. The Balaban J connectivity index is 0.00000243. The van der Waals surface area contributed by atoms with Crippen LogP contribution in [-0.4, -0.2) is 36.3 Å². The van der Waals surface area contributed by atoms with Gasteiger partial charge in [0.15, 0.2) is 0 Å². The maximum absolute atomic E-state index is 11.8. The lowest BCUT2D eigenvalue weighted by Crippen LogP contribution is -2.31. The second-order valence-corrected chi connectivity index (χ2v) is 6.36. The second kappa shape index (κ2) is 9.96. The van der Waals surface area contributed by atoms with E-state index >= 15 is 0 Å². The lowest BCUT2D eigenvalue weighted by Gasteiger charge is -2.08. The van der Waals surface area contributed by atoms with Crippen molar-refractivity contribution in [2.45, 2.75) is 6.54 Å². The summed E-state index contributed by atoms with van der Waals surface area (Å²) in [5.41, 5.74) is 3.06. The summed E-state index contributed by atoms with van der Waals surface area (Å²) in [5.74, 6) is 0.777. The van der Waals surface area contributed by atoms with E-state index in [1.165, 1.54) is 11.3 Å². The largest absolute Gasteiger partial charge is 0.497 e. The highest BCUT2D eigenvalue weighted by Gasteiger charge is 2.09. The van der Waals surface area contributed by atoms with Crippen molar-refractivity contribution in [3.05, 3.63) is 58.4 Å². The molecule has 0 radical (unpaired) electrons. The molecule has 2 aromatic heterocycles. The molecule has 3 N–H and O–H groups in total. The fourth-order valence-corrected chi connectivity index (χ4v) is 3.10. The van der Waals surface area contributed by atoms with Gasteiger partial charge in [0, 0.05) is 30.8 Å². The molecule has 2 heterocycles. The second-order valence-electron chi connectivity index (χ2n) is 5.41. The number of thiophene rings is 1. The number of halogens is 1. The molecule has 3 rings (SSSR count). The molecule has 0 saturated heterocycles.